The van der Waals surface area contributed by atoms with Crippen molar-refractivity contribution in [2.24, 2.45) is 5.92 Å². The van der Waals surface area contributed by atoms with Crippen molar-refractivity contribution in [3.8, 4) is 0 Å². The molecule has 1 aliphatic heterocycles. The summed E-state index contributed by atoms with van der Waals surface area (Å²) in [4.78, 5) is 11.7. The summed E-state index contributed by atoms with van der Waals surface area (Å²) in [6, 6.07) is 9.33. The summed E-state index contributed by atoms with van der Waals surface area (Å²) in [5, 5.41) is 5.95. The lowest BCUT2D eigenvalue weighted by Gasteiger charge is -2.29. The molecular formula is C13H18N2O2. The van der Waals surface area contributed by atoms with E-state index in [4.69, 9.17) is 4.74 Å². The SMILES string of the molecule is CC1CCNCC1OC(=O)Nc1ccccc1. The molecule has 1 amide bonds. The minimum atomic E-state index is -0.378. The first-order valence-electron chi connectivity index (χ1n) is 5.99. The largest absolute Gasteiger partial charge is 0.444 e. The van der Waals surface area contributed by atoms with Crippen LogP contribution >= 0.6 is 0 Å². The van der Waals surface area contributed by atoms with E-state index in [2.05, 4.69) is 17.6 Å². The summed E-state index contributed by atoms with van der Waals surface area (Å²) in [6.07, 6.45) is 0.632. The zero-order valence-electron chi connectivity index (χ0n) is 9.98. The van der Waals surface area contributed by atoms with Gasteiger partial charge in [-0.1, -0.05) is 25.1 Å². The second-order valence-electron chi connectivity index (χ2n) is 4.40. The fourth-order valence-corrected chi connectivity index (χ4v) is 1.93. The van der Waals surface area contributed by atoms with Crippen LogP contribution in [0.5, 0.6) is 0 Å². The Morgan fingerprint density at radius 3 is 2.88 bits per heavy atom. The van der Waals surface area contributed by atoms with Crippen LogP contribution in [0.4, 0.5) is 10.5 Å². The molecule has 2 N–H and O–H groups in total. The Bertz CT molecular complexity index is 367. The van der Waals surface area contributed by atoms with E-state index in [1.54, 1.807) is 0 Å². The van der Waals surface area contributed by atoms with Gasteiger partial charge < -0.3 is 10.1 Å². The lowest BCUT2D eigenvalue weighted by molar-refractivity contribution is 0.0614. The molecule has 2 unspecified atom stereocenters. The van der Waals surface area contributed by atoms with Gasteiger partial charge in [0.05, 0.1) is 0 Å². The number of hydrogen-bond acceptors (Lipinski definition) is 3. The first kappa shape index (κ1) is 11.9. The molecule has 4 nitrogen and oxygen atoms in total. The number of carbonyl (C=O) groups excluding carboxylic acids is 1. The molecule has 2 atom stereocenters. The predicted molar refractivity (Wildman–Crippen MR) is 67.0 cm³/mol. The molecule has 0 spiro atoms. The first-order chi connectivity index (χ1) is 8.25. The maximum atomic E-state index is 11.7. The third kappa shape index (κ3) is 3.46. The number of amides is 1. The average molecular weight is 234 g/mol. The second kappa shape index (κ2) is 5.68. The molecular weight excluding hydrogens is 216 g/mol. The highest BCUT2D eigenvalue weighted by molar-refractivity contribution is 5.84. The molecule has 1 aromatic rings. The zero-order valence-corrected chi connectivity index (χ0v) is 9.98. The Morgan fingerprint density at radius 1 is 1.41 bits per heavy atom. The van der Waals surface area contributed by atoms with Crippen molar-refractivity contribution in [3.63, 3.8) is 0 Å². The number of anilines is 1. The van der Waals surface area contributed by atoms with E-state index >= 15 is 0 Å². The van der Waals surface area contributed by atoms with E-state index in [0.29, 0.717) is 5.92 Å². The fraction of sp³-hybridized carbons (Fsp3) is 0.462. The van der Waals surface area contributed by atoms with Gasteiger partial charge in [-0.25, -0.2) is 4.79 Å². The van der Waals surface area contributed by atoms with Crippen LogP contribution < -0.4 is 10.6 Å². The van der Waals surface area contributed by atoms with Crippen molar-refractivity contribution in [1.82, 2.24) is 5.32 Å². The van der Waals surface area contributed by atoms with Gasteiger partial charge in [0.2, 0.25) is 0 Å². The summed E-state index contributed by atoms with van der Waals surface area (Å²) < 4.78 is 5.39. The summed E-state index contributed by atoms with van der Waals surface area (Å²) in [7, 11) is 0. The van der Waals surface area contributed by atoms with Crippen LogP contribution in [-0.2, 0) is 4.74 Å². The molecule has 0 bridgehead atoms. The van der Waals surface area contributed by atoms with Gasteiger partial charge in [-0.2, -0.15) is 0 Å². The smallest absolute Gasteiger partial charge is 0.411 e. The summed E-state index contributed by atoms with van der Waals surface area (Å²) in [6.45, 7) is 3.85. The van der Waals surface area contributed by atoms with Gasteiger partial charge in [-0.05, 0) is 31.0 Å². The van der Waals surface area contributed by atoms with Gasteiger partial charge in [-0.3, -0.25) is 5.32 Å². The quantitative estimate of drug-likeness (QED) is 0.825. The van der Waals surface area contributed by atoms with Crippen molar-refractivity contribution in [2.45, 2.75) is 19.4 Å². The van der Waals surface area contributed by atoms with Gasteiger partial charge in [0.1, 0.15) is 6.10 Å². The highest BCUT2D eigenvalue weighted by Gasteiger charge is 2.24. The van der Waals surface area contributed by atoms with E-state index in [-0.39, 0.29) is 12.2 Å². The summed E-state index contributed by atoms with van der Waals surface area (Å²) >= 11 is 0. The van der Waals surface area contributed by atoms with Gasteiger partial charge in [0.15, 0.2) is 0 Å². The number of carbonyl (C=O) groups is 1. The van der Waals surface area contributed by atoms with Crippen LogP contribution in [-0.4, -0.2) is 25.3 Å². The molecule has 1 fully saturated rings. The predicted octanol–water partition coefficient (Wildman–Crippen LogP) is 2.23. The molecule has 0 aliphatic carbocycles. The van der Waals surface area contributed by atoms with Gasteiger partial charge in [0, 0.05) is 12.2 Å². The van der Waals surface area contributed by atoms with Gasteiger partial charge in [0.25, 0.3) is 0 Å². The van der Waals surface area contributed by atoms with Crippen LogP contribution in [0.3, 0.4) is 0 Å². The number of ether oxygens (including phenoxy) is 1. The fourth-order valence-electron chi connectivity index (χ4n) is 1.93. The Kier molecular flexibility index (Phi) is 3.98. The molecule has 0 aromatic heterocycles. The number of benzene rings is 1. The normalized spacial score (nSPS) is 24.1. The molecule has 1 saturated heterocycles. The third-order valence-electron chi connectivity index (χ3n) is 3.04. The standard InChI is InChI=1S/C13H18N2O2/c1-10-7-8-14-9-12(10)17-13(16)15-11-5-3-2-4-6-11/h2-6,10,12,14H,7-9H2,1H3,(H,15,16). The molecule has 1 aliphatic rings. The maximum absolute atomic E-state index is 11.7. The summed E-state index contributed by atoms with van der Waals surface area (Å²) in [5.74, 6) is 0.415. The summed E-state index contributed by atoms with van der Waals surface area (Å²) in [5.41, 5.74) is 0.758. The third-order valence-corrected chi connectivity index (χ3v) is 3.04. The molecule has 92 valence electrons. The van der Waals surface area contributed by atoms with Crippen molar-refractivity contribution in [1.29, 1.82) is 0 Å². The Morgan fingerprint density at radius 2 is 2.18 bits per heavy atom. The number of piperidine rings is 1. The van der Waals surface area contributed by atoms with Crippen LogP contribution in [0.2, 0.25) is 0 Å². The van der Waals surface area contributed by atoms with E-state index in [0.717, 1.165) is 25.2 Å². The molecule has 1 aromatic carbocycles. The molecule has 0 radical (unpaired) electrons. The first-order valence-corrected chi connectivity index (χ1v) is 5.99. The van der Waals surface area contributed by atoms with Crippen molar-refractivity contribution in [2.75, 3.05) is 18.4 Å². The van der Waals surface area contributed by atoms with E-state index < -0.39 is 0 Å². The van der Waals surface area contributed by atoms with Crippen molar-refractivity contribution in [3.05, 3.63) is 30.3 Å². The van der Waals surface area contributed by atoms with Crippen LogP contribution in [0.15, 0.2) is 30.3 Å². The van der Waals surface area contributed by atoms with Crippen molar-refractivity contribution < 1.29 is 9.53 Å². The highest BCUT2D eigenvalue weighted by atomic mass is 16.6. The Labute approximate surface area is 101 Å². The topological polar surface area (TPSA) is 50.4 Å². The lowest BCUT2D eigenvalue weighted by atomic mass is 9.97. The number of para-hydroxylation sites is 1. The number of hydrogen-bond donors (Lipinski definition) is 2. The Hall–Kier alpha value is -1.55. The Balaban J connectivity index is 1.84. The van der Waals surface area contributed by atoms with Crippen molar-refractivity contribution >= 4 is 11.8 Å². The maximum Gasteiger partial charge on any atom is 0.411 e. The minimum absolute atomic E-state index is 0.0348. The molecule has 0 saturated carbocycles. The monoisotopic (exact) mass is 234 g/mol. The van der Waals surface area contributed by atoms with Crippen LogP contribution in [0.25, 0.3) is 0 Å². The van der Waals surface area contributed by atoms with E-state index in [9.17, 15) is 4.79 Å². The number of rotatable bonds is 2. The van der Waals surface area contributed by atoms with Crippen LogP contribution in [0.1, 0.15) is 13.3 Å². The van der Waals surface area contributed by atoms with Gasteiger partial charge >= 0.3 is 6.09 Å². The molecule has 4 heteroatoms. The van der Waals surface area contributed by atoms with E-state index in [1.807, 2.05) is 30.3 Å². The second-order valence-corrected chi connectivity index (χ2v) is 4.40. The lowest BCUT2D eigenvalue weighted by Crippen LogP contribution is -2.42. The molecule has 2 rings (SSSR count). The highest BCUT2D eigenvalue weighted by Crippen LogP contribution is 2.15. The molecule has 17 heavy (non-hydrogen) atoms. The zero-order chi connectivity index (χ0) is 12.1. The van der Waals surface area contributed by atoms with Crippen LogP contribution in [0, 0.1) is 5.92 Å². The van der Waals surface area contributed by atoms with E-state index in [1.165, 1.54) is 0 Å². The van der Waals surface area contributed by atoms with Gasteiger partial charge in [-0.15, -0.1) is 0 Å². The average Bonchev–Trinajstić information content (AvgIpc) is 2.33. The molecule has 1 heterocycles. The minimum Gasteiger partial charge on any atom is -0.444 e. The number of nitrogens with one attached hydrogen (secondary N) is 2.